The molecule has 0 spiro atoms. The standard InChI is InChI=1S/C22H23ClN4O3/c1-14-11-18-20(22(28)27(14)6-5-26-7-9-29-10-8-26)19(17(13-24)21(25)30-18)15-3-2-4-16(23)12-15/h2-4,11-12,19H,5-10,25H2,1H3/t19-/m1/s1. The molecule has 0 aliphatic carbocycles. The minimum Gasteiger partial charge on any atom is -0.440 e. The van der Waals surface area contributed by atoms with Gasteiger partial charge in [-0.3, -0.25) is 9.69 Å². The molecule has 0 amide bonds. The van der Waals surface area contributed by atoms with Crippen LogP contribution in [0.25, 0.3) is 0 Å². The molecule has 1 atom stereocenters. The first kappa shape index (κ1) is 20.5. The van der Waals surface area contributed by atoms with Gasteiger partial charge in [-0.15, -0.1) is 0 Å². The Labute approximate surface area is 179 Å². The van der Waals surface area contributed by atoms with Crippen molar-refractivity contribution in [3.05, 3.63) is 74.0 Å². The van der Waals surface area contributed by atoms with Crippen molar-refractivity contribution in [2.24, 2.45) is 5.73 Å². The Kier molecular flexibility index (Phi) is 5.82. The summed E-state index contributed by atoms with van der Waals surface area (Å²) in [6, 6.07) is 11.1. The average Bonchev–Trinajstić information content (AvgIpc) is 2.73. The van der Waals surface area contributed by atoms with Crippen LogP contribution in [0.4, 0.5) is 0 Å². The number of rotatable bonds is 4. The van der Waals surface area contributed by atoms with Gasteiger partial charge in [-0.1, -0.05) is 23.7 Å². The smallest absolute Gasteiger partial charge is 0.258 e. The predicted octanol–water partition coefficient (Wildman–Crippen LogP) is 2.36. The number of nitriles is 1. The van der Waals surface area contributed by atoms with E-state index < -0.39 is 5.92 Å². The molecule has 8 heteroatoms. The third-order valence-corrected chi connectivity index (χ3v) is 5.85. The molecule has 2 aliphatic heterocycles. The molecule has 0 radical (unpaired) electrons. The molecule has 156 valence electrons. The Balaban J connectivity index is 1.78. The average molecular weight is 427 g/mol. The number of hydrogen-bond acceptors (Lipinski definition) is 6. The van der Waals surface area contributed by atoms with Gasteiger partial charge in [0.05, 0.1) is 24.7 Å². The van der Waals surface area contributed by atoms with Crippen LogP contribution in [0.15, 0.2) is 46.6 Å². The second-order valence-corrected chi connectivity index (χ2v) is 7.89. The highest BCUT2D eigenvalue weighted by Crippen LogP contribution is 2.40. The maximum atomic E-state index is 13.6. The number of benzene rings is 1. The zero-order valence-electron chi connectivity index (χ0n) is 16.7. The van der Waals surface area contributed by atoms with E-state index in [1.807, 2.05) is 19.1 Å². The van der Waals surface area contributed by atoms with Crippen molar-refractivity contribution >= 4 is 11.6 Å². The Hall–Kier alpha value is -2.79. The number of nitrogens with two attached hydrogens (primary N) is 1. The molecule has 2 aromatic rings. The first-order valence-corrected chi connectivity index (χ1v) is 10.2. The number of nitrogens with zero attached hydrogens (tertiary/aromatic N) is 3. The summed E-state index contributed by atoms with van der Waals surface area (Å²) in [6.07, 6.45) is 0. The predicted molar refractivity (Wildman–Crippen MR) is 113 cm³/mol. The summed E-state index contributed by atoms with van der Waals surface area (Å²) in [6.45, 7) is 6.28. The monoisotopic (exact) mass is 426 g/mol. The minimum absolute atomic E-state index is 0.0137. The highest BCUT2D eigenvalue weighted by Gasteiger charge is 2.34. The van der Waals surface area contributed by atoms with Gasteiger partial charge in [0.2, 0.25) is 5.88 Å². The van der Waals surface area contributed by atoms with Crippen molar-refractivity contribution in [3.63, 3.8) is 0 Å². The van der Waals surface area contributed by atoms with Crippen molar-refractivity contribution in [1.29, 1.82) is 5.26 Å². The summed E-state index contributed by atoms with van der Waals surface area (Å²) in [7, 11) is 0. The molecule has 0 bridgehead atoms. The van der Waals surface area contributed by atoms with E-state index in [4.69, 9.17) is 26.8 Å². The number of halogens is 1. The molecule has 4 rings (SSSR count). The number of pyridine rings is 1. The van der Waals surface area contributed by atoms with Gasteiger partial charge in [0, 0.05) is 43.0 Å². The van der Waals surface area contributed by atoms with Crippen molar-refractivity contribution in [3.8, 4) is 11.8 Å². The first-order chi connectivity index (χ1) is 14.5. The van der Waals surface area contributed by atoms with Crippen LogP contribution in [0.2, 0.25) is 5.02 Å². The molecular formula is C22H23ClN4O3. The molecular weight excluding hydrogens is 404 g/mol. The fraction of sp³-hybridized carbons (Fsp3) is 0.364. The zero-order chi connectivity index (χ0) is 21.3. The van der Waals surface area contributed by atoms with Crippen LogP contribution in [0.5, 0.6) is 5.75 Å². The Bertz CT molecular complexity index is 1100. The lowest BCUT2D eigenvalue weighted by Crippen LogP contribution is -2.40. The lowest BCUT2D eigenvalue weighted by atomic mass is 9.84. The van der Waals surface area contributed by atoms with E-state index in [9.17, 15) is 10.1 Å². The topological polar surface area (TPSA) is 93.5 Å². The molecule has 1 aromatic heterocycles. The van der Waals surface area contributed by atoms with Gasteiger partial charge in [0.15, 0.2) is 0 Å². The van der Waals surface area contributed by atoms with E-state index >= 15 is 0 Å². The second kappa shape index (κ2) is 8.52. The molecule has 0 saturated carbocycles. The van der Waals surface area contributed by atoms with Gasteiger partial charge in [0.25, 0.3) is 5.56 Å². The molecule has 0 unspecified atom stereocenters. The first-order valence-electron chi connectivity index (χ1n) is 9.87. The number of morpholine rings is 1. The van der Waals surface area contributed by atoms with Gasteiger partial charge in [-0.2, -0.15) is 5.26 Å². The maximum absolute atomic E-state index is 13.6. The Morgan fingerprint density at radius 1 is 1.27 bits per heavy atom. The largest absolute Gasteiger partial charge is 0.440 e. The fourth-order valence-corrected chi connectivity index (χ4v) is 4.25. The summed E-state index contributed by atoms with van der Waals surface area (Å²) in [5.41, 5.74) is 8.00. The minimum atomic E-state index is -0.625. The number of ether oxygens (including phenoxy) is 2. The molecule has 30 heavy (non-hydrogen) atoms. The summed E-state index contributed by atoms with van der Waals surface area (Å²) >= 11 is 6.19. The van der Waals surface area contributed by atoms with Crippen LogP contribution in [0.3, 0.4) is 0 Å². The highest BCUT2D eigenvalue weighted by molar-refractivity contribution is 6.30. The maximum Gasteiger partial charge on any atom is 0.258 e. The SMILES string of the molecule is Cc1cc2c(c(=O)n1CCN1CCOCC1)[C@H](c1cccc(Cl)c1)C(C#N)=C(N)O2. The zero-order valence-corrected chi connectivity index (χ0v) is 17.5. The number of hydrogen-bond donors (Lipinski definition) is 1. The van der Waals surface area contributed by atoms with E-state index in [2.05, 4.69) is 11.0 Å². The third kappa shape index (κ3) is 3.82. The van der Waals surface area contributed by atoms with Gasteiger partial charge >= 0.3 is 0 Å². The van der Waals surface area contributed by atoms with Gasteiger partial charge < -0.3 is 19.8 Å². The molecule has 1 aromatic carbocycles. The van der Waals surface area contributed by atoms with E-state index in [-0.39, 0.29) is 17.0 Å². The summed E-state index contributed by atoms with van der Waals surface area (Å²) in [5, 5.41) is 10.3. The Morgan fingerprint density at radius 3 is 2.73 bits per heavy atom. The Morgan fingerprint density at radius 2 is 2.03 bits per heavy atom. The molecule has 1 fully saturated rings. The third-order valence-electron chi connectivity index (χ3n) is 5.62. The van der Waals surface area contributed by atoms with Crippen LogP contribution >= 0.6 is 11.6 Å². The summed E-state index contributed by atoms with van der Waals surface area (Å²) < 4.78 is 12.8. The van der Waals surface area contributed by atoms with E-state index in [0.717, 1.165) is 30.9 Å². The van der Waals surface area contributed by atoms with Crippen LogP contribution in [0.1, 0.15) is 22.7 Å². The molecule has 1 saturated heterocycles. The number of allylic oxidation sites excluding steroid dienone is 1. The van der Waals surface area contributed by atoms with Crippen molar-refractivity contribution in [2.75, 3.05) is 32.8 Å². The summed E-state index contributed by atoms with van der Waals surface area (Å²) in [5.74, 6) is -0.221. The molecule has 2 N–H and O–H groups in total. The quantitative estimate of drug-likeness (QED) is 0.806. The van der Waals surface area contributed by atoms with E-state index in [1.54, 1.807) is 22.8 Å². The van der Waals surface area contributed by atoms with Crippen molar-refractivity contribution in [2.45, 2.75) is 19.4 Å². The molecule has 7 nitrogen and oxygen atoms in total. The van der Waals surface area contributed by atoms with E-state index in [1.165, 1.54) is 0 Å². The highest BCUT2D eigenvalue weighted by atomic mass is 35.5. The number of fused-ring (bicyclic) bond motifs is 1. The summed E-state index contributed by atoms with van der Waals surface area (Å²) in [4.78, 5) is 15.9. The van der Waals surface area contributed by atoms with Gasteiger partial charge in [0.1, 0.15) is 17.4 Å². The molecule has 2 aliphatic rings. The van der Waals surface area contributed by atoms with Crippen molar-refractivity contribution < 1.29 is 9.47 Å². The number of aromatic nitrogens is 1. The second-order valence-electron chi connectivity index (χ2n) is 7.45. The lowest BCUT2D eigenvalue weighted by Gasteiger charge is -2.29. The van der Waals surface area contributed by atoms with Gasteiger partial charge in [-0.05, 0) is 24.6 Å². The van der Waals surface area contributed by atoms with Gasteiger partial charge in [-0.25, -0.2) is 0 Å². The fourth-order valence-electron chi connectivity index (χ4n) is 4.05. The van der Waals surface area contributed by atoms with Crippen LogP contribution in [-0.4, -0.2) is 42.3 Å². The van der Waals surface area contributed by atoms with Crippen molar-refractivity contribution in [1.82, 2.24) is 9.47 Å². The lowest BCUT2D eigenvalue weighted by molar-refractivity contribution is 0.0362. The number of aryl methyl sites for hydroxylation is 1. The van der Waals surface area contributed by atoms with Crippen LogP contribution in [0, 0.1) is 18.3 Å². The van der Waals surface area contributed by atoms with Crippen LogP contribution < -0.4 is 16.0 Å². The van der Waals surface area contributed by atoms with Crippen LogP contribution in [-0.2, 0) is 11.3 Å². The normalized spacial score (nSPS) is 19.2. The van der Waals surface area contributed by atoms with E-state index in [0.29, 0.717) is 36.1 Å². The molecule has 3 heterocycles.